The zero-order valence-corrected chi connectivity index (χ0v) is 17.4. The van der Waals surface area contributed by atoms with E-state index in [0.29, 0.717) is 6.54 Å². The molecule has 0 heterocycles. The van der Waals surface area contributed by atoms with Gasteiger partial charge in [0.25, 0.3) is 0 Å². The first-order valence-corrected chi connectivity index (χ1v) is 10.5. The molecule has 160 valence electrons. The van der Waals surface area contributed by atoms with E-state index in [9.17, 15) is 9.59 Å². The molecule has 1 aromatic rings. The maximum atomic E-state index is 11.1. The van der Waals surface area contributed by atoms with Crippen LogP contribution in [0.5, 0.6) is 0 Å². The first kappa shape index (κ1) is 30.1. The van der Waals surface area contributed by atoms with Gasteiger partial charge in [0.15, 0.2) is 0 Å². The fourth-order valence-corrected chi connectivity index (χ4v) is 2.75. The van der Waals surface area contributed by atoms with Gasteiger partial charge in [-0.15, -0.1) is 0 Å². The Morgan fingerprint density at radius 3 is 1.93 bits per heavy atom. The molecule has 6 N–H and O–H groups in total. The van der Waals surface area contributed by atoms with Crippen molar-refractivity contribution in [2.45, 2.75) is 77.7 Å². The fraction of sp³-hybridized carbons (Fsp3) is 0.565. The summed E-state index contributed by atoms with van der Waals surface area (Å²) in [7, 11) is 0. The average molecular weight is 414 g/mol. The van der Waals surface area contributed by atoms with E-state index >= 15 is 0 Å². The monoisotopic (exact) mass is 413 g/mol. The van der Waals surface area contributed by atoms with E-state index in [-0.39, 0.29) is 36.0 Å². The second-order valence-electron chi connectivity index (χ2n) is 7.06. The van der Waals surface area contributed by atoms with Crippen molar-refractivity contribution >= 4 is 41.4 Å². The minimum atomic E-state index is -0.554. The van der Waals surface area contributed by atoms with Crippen LogP contribution in [0.25, 0.3) is 0 Å². The number of benzene rings is 1. The molecule has 0 saturated carbocycles. The average Bonchev–Trinajstić information content (AvgIpc) is 2.69. The number of amides is 2. The molecular formula is C23H40N3NaO2. The summed E-state index contributed by atoms with van der Waals surface area (Å²) in [6.07, 6.45) is 14.8. The quantitative estimate of drug-likeness (QED) is 0.246. The Kier molecular flexibility index (Phi) is 22.4. The van der Waals surface area contributed by atoms with Gasteiger partial charge in [0.05, 0.1) is 5.92 Å². The van der Waals surface area contributed by atoms with Crippen molar-refractivity contribution in [2.75, 3.05) is 0 Å². The SMILES string of the molecule is CCCCCCCCCCC=CC(CC(N)=O)C(N)=O.NCc1ccccc1.[NaH]. The zero-order valence-electron chi connectivity index (χ0n) is 17.4. The summed E-state index contributed by atoms with van der Waals surface area (Å²) >= 11 is 0. The van der Waals surface area contributed by atoms with E-state index in [1.54, 1.807) is 6.08 Å². The predicted octanol–water partition coefficient (Wildman–Crippen LogP) is 3.55. The van der Waals surface area contributed by atoms with Gasteiger partial charge in [-0.3, -0.25) is 9.59 Å². The molecule has 2 amide bonds. The van der Waals surface area contributed by atoms with Gasteiger partial charge in [0, 0.05) is 13.0 Å². The Bertz CT molecular complexity index is 550. The van der Waals surface area contributed by atoms with Gasteiger partial charge in [0.2, 0.25) is 11.8 Å². The van der Waals surface area contributed by atoms with E-state index in [0.717, 1.165) is 12.8 Å². The summed E-state index contributed by atoms with van der Waals surface area (Å²) in [6.45, 7) is 2.87. The summed E-state index contributed by atoms with van der Waals surface area (Å²) in [6, 6.07) is 9.99. The summed E-state index contributed by atoms with van der Waals surface area (Å²) in [5, 5.41) is 0. The van der Waals surface area contributed by atoms with Crippen molar-refractivity contribution in [3.63, 3.8) is 0 Å². The van der Waals surface area contributed by atoms with Gasteiger partial charge < -0.3 is 17.2 Å². The number of allylic oxidation sites excluding steroid dienone is 1. The van der Waals surface area contributed by atoms with Crippen LogP contribution < -0.4 is 17.2 Å². The van der Waals surface area contributed by atoms with Crippen LogP contribution in [0.15, 0.2) is 42.5 Å². The Hall–Kier alpha value is -1.14. The standard InChI is InChI=1S/C16H30N2O2.C7H9N.Na.H/c1-2-3-4-5-6-7-8-9-10-11-12-14(16(18)20)13-15(17)19;8-6-7-4-2-1-3-5-7;;/h11-12,14H,2-10,13H2,1H3,(H2,17,19)(H2,18,20);1-5H,6,8H2;;. The third kappa shape index (κ3) is 19.9. The van der Waals surface area contributed by atoms with Gasteiger partial charge in [-0.2, -0.15) is 0 Å². The second-order valence-corrected chi connectivity index (χ2v) is 7.06. The van der Waals surface area contributed by atoms with Crippen molar-refractivity contribution in [3.8, 4) is 0 Å². The van der Waals surface area contributed by atoms with Crippen molar-refractivity contribution in [2.24, 2.45) is 23.1 Å². The van der Waals surface area contributed by atoms with E-state index in [1.165, 1.54) is 50.5 Å². The summed E-state index contributed by atoms with van der Waals surface area (Å²) in [5.41, 5.74) is 16.8. The van der Waals surface area contributed by atoms with Gasteiger partial charge in [-0.25, -0.2) is 0 Å². The molecule has 1 aromatic carbocycles. The molecule has 0 radical (unpaired) electrons. The molecule has 1 rings (SSSR count). The van der Waals surface area contributed by atoms with E-state index in [2.05, 4.69) is 6.92 Å². The Labute approximate surface area is 199 Å². The number of unbranched alkanes of at least 4 members (excludes halogenated alkanes) is 8. The first-order chi connectivity index (χ1) is 13.5. The van der Waals surface area contributed by atoms with Crippen molar-refractivity contribution < 1.29 is 9.59 Å². The van der Waals surface area contributed by atoms with Crippen LogP contribution in [0.3, 0.4) is 0 Å². The second kappa shape index (κ2) is 21.6. The third-order valence-corrected chi connectivity index (χ3v) is 4.46. The Balaban J connectivity index is 0. The Morgan fingerprint density at radius 2 is 1.48 bits per heavy atom. The molecule has 0 aliphatic rings. The number of primary amides is 2. The van der Waals surface area contributed by atoms with Crippen LogP contribution in [-0.4, -0.2) is 41.4 Å². The molecule has 0 fully saturated rings. The number of rotatable bonds is 14. The fourth-order valence-electron chi connectivity index (χ4n) is 2.75. The molecule has 1 atom stereocenters. The number of nitrogens with two attached hydrogens (primary N) is 3. The van der Waals surface area contributed by atoms with Crippen LogP contribution in [0.4, 0.5) is 0 Å². The van der Waals surface area contributed by atoms with Crippen LogP contribution in [0.1, 0.15) is 76.7 Å². The van der Waals surface area contributed by atoms with Crippen molar-refractivity contribution in [1.82, 2.24) is 0 Å². The summed E-state index contributed by atoms with van der Waals surface area (Å²) in [5.74, 6) is -1.54. The van der Waals surface area contributed by atoms with E-state index in [4.69, 9.17) is 17.2 Å². The molecule has 0 spiro atoms. The maximum absolute atomic E-state index is 11.1. The number of carbonyl (C=O) groups is 2. The molecule has 0 bridgehead atoms. The topological polar surface area (TPSA) is 112 Å². The molecule has 5 nitrogen and oxygen atoms in total. The minimum absolute atomic E-state index is 0. The van der Waals surface area contributed by atoms with Crippen molar-refractivity contribution in [1.29, 1.82) is 0 Å². The van der Waals surface area contributed by atoms with Gasteiger partial charge in [0.1, 0.15) is 0 Å². The van der Waals surface area contributed by atoms with Crippen molar-refractivity contribution in [3.05, 3.63) is 48.0 Å². The zero-order chi connectivity index (χ0) is 21.0. The normalized spacial score (nSPS) is 11.2. The number of hydrogen-bond acceptors (Lipinski definition) is 3. The van der Waals surface area contributed by atoms with Gasteiger partial charge in [-0.05, 0) is 18.4 Å². The molecule has 0 aliphatic carbocycles. The summed E-state index contributed by atoms with van der Waals surface area (Å²) in [4.78, 5) is 21.9. The van der Waals surface area contributed by atoms with E-state index < -0.39 is 17.7 Å². The van der Waals surface area contributed by atoms with Gasteiger partial charge in [-0.1, -0.05) is 94.4 Å². The van der Waals surface area contributed by atoms with Crippen LogP contribution in [0, 0.1) is 5.92 Å². The van der Waals surface area contributed by atoms with E-state index in [1.807, 2.05) is 36.4 Å². The molecule has 0 saturated heterocycles. The number of hydrogen-bond donors (Lipinski definition) is 3. The van der Waals surface area contributed by atoms with Crippen LogP contribution in [-0.2, 0) is 16.1 Å². The first-order valence-electron chi connectivity index (χ1n) is 10.5. The number of carbonyl (C=O) groups excluding carboxylic acids is 2. The molecule has 29 heavy (non-hydrogen) atoms. The Morgan fingerprint density at radius 1 is 0.931 bits per heavy atom. The summed E-state index contributed by atoms with van der Waals surface area (Å²) < 4.78 is 0. The predicted molar refractivity (Wildman–Crippen MR) is 124 cm³/mol. The third-order valence-electron chi connectivity index (χ3n) is 4.46. The molecule has 0 aromatic heterocycles. The molecule has 0 aliphatic heterocycles. The van der Waals surface area contributed by atoms with Crippen LogP contribution >= 0.6 is 0 Å². The molecule has 1 unspecified atom stereocenters. The van der Waals surface area contributed by atoms with Gasteiger partial charge >= 0.3 is 29.6 Å². The van der Waals surface area contributed by atoms with Crippen LogP contribution in [0.2, 0.25) is 0 Å². The molecule has 6 heteroatoms. The molecular weight excluding hydrogens is 373 g/mol.